The molecule has 0 aliphatic carbocycles. The molecular weight excluding hydrogens is 1010 g/mol. The van der Waals surface area contributed by atoms with Crippen LogP contribution in [0.15, 0.2) is 215 Å². The van der Waals surface area contributed by atoms with Crippen LogP contribution in [0.25, 0.3) is 116 Å². The van der Waals surface area contributed by atoms with Gasteiger partial charge < -0.3 is 13.2 Å². The number of fused-ring (bicyclic) bond motifs is 9. The first-order valence-corrected chi connectivity index (χ1v) is 27.6. The Bertz CT molecular complexity index is 4460. The fourth-order valence-corrected chi connectivity index (χ4v) is 12.0. The van der Waals surface area contributed by atoms with E-state index in [4.69, 9.17) is 0 Å². The van der Waals surface area contributed by atoms with Crippen LogP contribution < -0.4 is 16.7 Å². The molecule has 0 aliphatic heterocycles. The molecule has 0 unspecified atom stereocenters. The fourth-order valence-electron chi connectivity index (χ4n) is 12.0. The van der Waals surface area contributed by atoms with E-state index in [2.05, 4.69) is 241 Å². The molecule has 9 nitrogen and oxygen atoms in total. The predicted molar refractivity (Wildman–Crippen MR) is 339 cm³/mol. The molecule has 82 heavy (non-hydrogen) atoms. The second kappa shape index (κ2) is 19.6. The Hall–Kier alpha value is -9.60. The molecule has 0 bridgehead atoms. The van der Waals surface area contributed by atoms with Gasteiger partial charge in [-0.15, -0.1) is 0 Å². The lowest BCUT2D eigenvalue weighted by Crippen LogP contribution is -2.22. The van der Waals surface area contributed by atoms with E-state index < -0.39 is 0 Å². The zero-order chi connectivity index (χ0) is 56.3. The van der Waals surface area contributed by atoms with Crippen molar-refractivity contribution in [3.63, 3.8) is 0 Å². The summed E-state index contributed by atoms with van der Waals surface area (Å²) in [6.45, 7) is 19.0. The van der Waals surface area contributed by atoms with Gasteiger partial charge in [0.2, 0.25) is 0 Å². The number of pyridine rings is 3. The van der Waals surface area contributed by atoms with Gasteiger partial charge >= 0.3 is 0 Å². The number of aromatic nitrogens is 6. The SMILES string of the molecule is C.CC(C)(C)c1cc(=O)nc2c3ccc(-c4ccccc4-c4cc(-c5ccccc5-c5ccc6c(ccn7c(C(C)(C)C)cc(=O)nc67)c5)cc(-c5ccccc5-c5ccc6c(ccn7c(C(C)(C)C)cc(=O)nc67)c5)c4)cc3ccn12. The summed E-state index contributed by atoms with van der Waals surface area (Å²) in [5.41, 5.74) is 15.7. The minimum absolute atomic E-state index is 0. The van der Waals surface area contributed by atoms with E-state index in [1.54, 1.807) is 18.2 Å². The van der Waals surface area contributed by atoms with Gasteiger partial charge in [-0.1, -0.05) is 179 Å². The van der Waals surface area contributed by atoms with E-state index in [1.165, 1.54) is 0 Å². The molecule has 0 amide bonds. The second-order valence-electron chi connectivity index (χ2n) is 24.6. The highest BCUT2D eigenvalue weighted by Gasteiger charge is 2.24. The van der Waals surface area contributed by atoms with Crippen molar-refractivity contribution in [1.82, 2.24) is 28.2 Å². The van der Waals surface area contributed by atoms with Crippen LogP contribution in [0.4, 0.5) is 0 Å². The molecule has 0 N–H and O–H groups in total. The molecule has 0 spiro atoms. The van der Waals surface area contributed by atoms with Crippen LogP contribution in [0.2, 0.25) is 0 Å². The van der Waals surface area contributed by atoms with E-state index >= 15 is 0 Å². The largest absolute Gasteiger partial charge is 0.304 e. The van der Waals surface area contributed by atoms with Gasteiger partial charge in [-0.2, -0.15) is 15.0 Å². The fraction of sp³-hybridized carbons (Fsp3) is 0.178. The average Bonchev–Trinajstić information content (AvgIpc) is 3.44. The molecule has 13 rings (SSSR count). The molecule has 0 fully saturated rings. The first kappa shape index (κ1) is 53.1. The first-order chi connectivity index (χ1) is 38.7. The van der Waals surface area contributed by atoms with Crippen molar-refractivity contribution in [3.8, 4) is 66.8 Å². The molecule has 0 saturated carbocycles. The quantitative estimate of drug-likeness (QED) is 0.154. The monoisotopic (exact) mass is 1070 g/mol. The highest BCUT2D eigenvalue weighted by Crippen LogP contribution is 2.44. The Morgan fingerprint density at radius 1 is 0.293 bits per heavy atom. The Morgan fingerprint density at radius 2 is 0.537 bits per heavy atom. The van der Waals surface area contributed by atoms with Gasteiger partial charge in [0.1, 0.15) is 16.9 Å². The molecule has 7 aromatic carbocycles. The third kappa shape index (κ3) is 9.26. The summed E-state index contributed by atoms with van der Waals surface area (Å²) >= 11 is 0. The zero-order valence-corrected chi connectivity index (χ0v) is 47.0. The van der Waals surface area contributed by atoms with Crippen LogP contribution in [0.1, 0.15) is 86.8 Å². The lowest BCUT2D eigenvalue weighted by atomic mass is 9.86. The standard InChI is InChI=1S/C72H60N6O3.CH4/c1-70(2,3)61-40-64(79)73-67-58-25-22-43(34-46(58)28-31-76(61)67)52-16-10-13-19-55(52)49-37-50(56-20-14-11-17-53(56)44-23-26-59-47(35-44)29-32-77-62(71(4,5)6)41-65(80)74-68(59)77)39-51(38-49)57-21-15-12-18-54(57)45-24-27-60-48(36-45)30-33-78-63(72(7,8)9)42-66(81)75-69(60)78;/h10-42H,1-9H3;1H4. The Labute approximate surface area is 476 Å². The van der Waals surface area contributed by atoms with Gasteiger partial charge in [0.25, 0.3) is 16.7 Å². The maximum atomic E-state index is 13.1. The summed E-state index contributed by atoms with van der Waals surface area (Å²) < 4.78 is 6.14. The molecular formula is C73H64N6O3. The smallest absolute Gasteiger partial charge is 0.273 e. The predicted octanol–water partition coefficient (Wildman–Crippen LogP) is 16.7. The van der Waals surface area contributed by atoms with E-state index in [0.717, 1.165) is 116 Å². The second-order valence-corrected chi connectivity index (χ2v) is 24.6. The Morgan fingerprint density at radius 3 is 0.780 bits per heavy atom. The molecule has 9 heteroatoms. The van der Waals surface area contributed by atoms with Crippen LogP contribution >= 0.6 is 0 Å². The Balaban J connectivity index is 0.00000665. The van der Waals surface area contributed by atoms with Gasteiger partial charge in [0, 0.05) is 86.3 Å². The van der Waals surface area contributed by atoms with Crippen molar-refractivity contribution in [3.05, 3.63) is 249 Å². The number of hydrogen-bond donors (Lipinski definition) is 0. The number of nitrogens with zero attached hydrogens (tertiary/aromatic N) is 6. The van der Waals surface area contributed by atoms with Crippen molar-refractivity contribution in [2.24, 2.45) is 0 Å². The molecule has 6 heterocycles. The summed E-state index contributed by atoms with van der Waals surface area (Å²) in [7, 11) is 0. The van der Waals surface area contributed by atoms with E-state index in [9.17, 15) is 14.4 Å². The normalized spacial score (nSPS) is 12.3. The summed E-state index contributed by atoms with van der Waals surface area (Å²) in [5.74, 6) is 0. The van der Waals surface area contributed by atoms with Crippen LogP contribution in [0.5, 0.6) is 0 Å². The average molecular weight is 1070 g/mol. The number of hydrogen-bond acceptors (Lipinski definition) is 6. The molecule has 0 radical (unpaired) electrons. The molecule has 0 saturated heterocycles. The summed E-state index contributed by atoms with van der Waals surface area (Å²) in [6, 6.07) is 63.3. The third-order valence-electron chi connectivity index (χ3n) is 15.9. The summed E-state index contributed by atoms with van der Waals surface area (Å²) in [6.07, 6.45) is 6.09. The van der Waals surface area contributed by atoms with E-state index in [0.29, 0.717) is 16.9 Å². The van der Waals surface area contributed by atoms with Crippen molar-refractivity contribution in [2.45, 2.75) is 86.0 Å². The van der Waals surface area contributed by atoms with Gasteiger partial charge in [-0.05, 0) is 138 Å². The topological polar surface area (TPSA) is 103 Å². The lowest BCUT2D eigenvalue weighted by Gasteiger charge is -2.22. The highest BCUT2D eigenvalue weighted by molar-refractivity contribution is 6.02. The van der Waals surface area contributed by atoms with Gasteiger partial charge in [-0.25, -0.2) is 0 Å². The van der Waals surface area contributed by atoms with Gasteiger partial charge in [0.15, 0.2) is 0 Å². The van der Waals surface area contributed by atoms with Gasteiger partial charge in [0.05, 0.1) is 0 Å². The highest BCUT2D eigenvalue weighted by atomic mass is 16.1. The lowest BCUT2D eigenvalue weighted by molar-refractivity contribution is 0.557. The molecule has 6 aromatic heterocycles. The molecule has 0 aliphatic rings. The minimum Gasteiger partial charge on any atom is -0.304 e. The summed E-state index contributed by atoms with van der Waals surface area (Å²) in [4.78, 5) is 52.9. The number of benzene rings is 7. The summed E-state index contributed by atoms with van der Waals surface area (Å²) in [5, 5.41) is 5.67. The van der Waals surface area contributed by atoms with Crippen LogP contribution in [-0.2, 0) is 16.2 Å². The van der Waals surface area contributed by atoms with E-state index in [1.807, 2.05) is 31.8 Å². The van der Waals surface area contributed by atoms with Crippen LogP contribution in [0, 0.1) is 0 Å². The van der Waals surface area contributed by atoms with Crippen molar-refractivity contribution < 1.29 is 0 Å². The van der Waals surface area contributed by atoms with Crippen molar-refractivity contribution in [2.75, 3.05) is 0 Å². The van der Waals surface area contributed by atoms with E-state index in [-0.39, 0.29) is 40.3 Å². The van der Waals surface area contributed by atoms with Crippen molar-refractivity contribution >= 4 is 49.3 Å². The molecule has 13 aromatic rings. The maximum Gasteiger partial charge on any atom is 0.273 e. The number of rotatable bonds is 6. The minimum atomic E-state index is -0.267. The third-order valence-corrected chi connectivity index (χ3v) is 15.9. The van der Waals surface area contributed by atoms with Crippen LogP contribution in [-0.4, -0.2) is 28.2 Å². The van der Waals surface area contributed by atoms with Crippen molar-refractivity contribution in [1.29, 1.82) is 0 Å². The molecule has 0 atom stereocenters. The Kier molecular flexibility index (Phi) is 12.7. The maximum absolute atomic E-state index is 13.1. The van der Waals surface area contributed by atoms with Gasteiger partial charge in [-0.3, -0.25) is 14.4 Å². The molecule has 404 valence electrons. The first-order valence-electron chi connectivity index (χ1n) is 27.6. The zero-order valence-electron chi connectivity index (χ0n) is 47.0. The van der Waals surface area contributed by atoms with Crippen LogP contribution in [0.3, 0.4) is 0 Å².